The Hall–Kier alpha value is -0.670. The molecule has 3 heterocycles. The van der Waals surface area contributed by atoms with Crippen LogP contribution in [0.15, 0.2) is 41.0 Å². The summed E-state index contributed by atoms with van der Waals surface area (Å²) in [6, 6.07) is 11.8. The lowest BCUT2D eigenvalue weighted by Crippen LogP contribution is -2.54. The minimum atomic E-state index is 0. The molecule has 1 fully saturated rings. The van der Waals surface area contributed by atoms with E-state index in [1.165, 1.54) is 10.1 Å². The van der Waals surface area contributed by atoms with Gasteiger partial charge < -0.3 is 15.5 Å². The molecule has 1 aliphatic heterocycles. The van der Waals surface area contributed by atoms with E-state index in [1.54, 1.807) is 11.3 Å². The number of nitrogens with zero attached hydrogens (tertiary/aromatic N) is 3. The standard InChI is InChI=1S/C21H26BrN5S.3ClH/c1-14-12-27(13-15(2)25-14)9-5-8-23-21-24-11-17(22)20(26-21)19-10-16-6-3-4-7-18(16)28-19;;;/h3-4,6-7,10-11,14-15,25H,5,8-9,12-13H2,1-2H3,(H,23,24,26);3*1H. The van der Waals surface area contributed by atoms with Crippen molar-refractivity contribution in [2.24, 2.45) is 0 Å². The van der Waals surface area contributed by atoms with Gasteiger partial charge in [0.1, 0.15) is 5.69 Å². The molecule has 172 valence electrons. The van der Waals surface area contributed by atoms with Gasteiger partial charge in [-0.3, -0.25) is 0 Å². The summed E-state index contributed by atoms with van der Waals surface area (Å²) < 4.78 is 2.20. The Labute approximate surface area is 215 Å². The van der Waals surface area contributed by atoms with Crippen molar-refractivity contribution in [2.75, 3.05) is 31.5 Å². The maximum atomic E-state index is 4.76. The van der Waals surface area contributed by atoms with E-state index in [-0.39, 0.29) is 37.2 Å². The first kappa shape index (κ1) is 28.4. The van der Waals surface area contributed by atoms with Crippen LogP contribution in [0.2, 0.25) is 0 Å². The normalized spacial score (nSPS) is 18.5. The molecule has 4 rings (SSSR count). The van der Waals surface area contributed by atoms with Crippen LogP contribution in [0.3, 0.4) is 0 Å². The van der Waals surface area contributed by atoms with Crippen molar-refractivity contribution < 1.29 is 0 Å². The molecule has 1 aliphatic rings. The molecular formula is C21H29BrCl3N5S. The number of aromatic nitrogens is 2. The zero-order valence-electron chi connectivity index (χ0n) is 17.5. The predicted molar refractivity (Wildman–Crippen MR) is 144 cm³/mol. The highest BCUT2D eigenvalue weighted by molar-refractivity contribution is 9.10. The SMILES string of the molecule is CC1CN(CCCNc2ncc(Br)c(-c3cc4ccccc4s3)n2)CC(C)N1.Cl.Cl.Cl. The quantitative estimate of drug-likeness (QED) is 0.364. The number of hydrogen-bond donors (Lipinski definition) is 2. The number of benzene rings is 1. The van der Waals surface area contributed by atoms with Crippen molar-refractivity contribution in [1.29, 1.82) is 0 Å². The van der Waals surface area contributed by atoms with Gasteiger partial charge in [0.25, 0.3) is 0 Å². The summed E-state index contributed by atoms with van der Waals surface area (Å²) in [4.78, 5) is 12.9. The van der Waals surface area contributed by atoms with Crippen molar-refractivity contribution in [1.82, 2.24) is 20.2 Å². The summed E-state index contributed by atoms with van der Waals surface area (Å²) in [7, 11) is 0. The first-order valence-corrected chi connectivity index (χ1v) is 11.4. The lowest BCUT2D eigenvalue weighted by atomic mass is 10.1. The fourth-order valence-electron chi connectivity index (χ4n) is 3.85. The third-order valence-corrected chi connectivity index (χ3v) is 6.67. The molecule has 2 aromatic heterocycles. The van der Waals surface area contributed by atoms with Gasteiger partial charge in [0.15, 0.2) is 0 Å². The summed E-state index contributed by atoms with van der Waals surface area (Å²) >= 11 is 5.37. The molecule has 5 nitrogen and oxygen atoms in total. The van der Waals surface area contributed by atoms with Gasteiger partial charge in [-0.1, -0.05) is 18.2 Å². The Morgan fingerprint density at radius 1 is 1.16 bits per heavy atom. The van der Waals surface area contributed by atoms with E-state index in [0.717, 1.165) is 47.6 Å². The summed E-state index contributed by atoms with van der Waals surface area (Å²) in [6.45, 7) is 8.73. The summed E-state index contributed by atoms with van der Waals surface area (Å²) in [5, 5.41) is 8.23. The molecule has 2 unspecified atom stereocenters. The van der Waals surface area contributed by atoms with E-state index in [4.69, 9.17) is 4.98 Å². The number of halogens is 4. The minimum absolute atomic E-state index is 0. The fraction of sp³-hybridized carbons (Fsp3) is 0.429. The van der Waals surface area contributed by atoms with Crippen LogP contribution in [0, 0.1) is 0 Å². The first-order chi connectivity index (χ1) is 13.6. The Morgan fingerprint density at radius 2 is 1.87 bits per heavy atom. The first-order valence-electron chi connectivity index (χ1n) is 9.82. The summed E-state index contributed by atoms with van der Waals surface area (Å²) in [5.74, 6) is 0.692. The van der Waals surface area contributed by atoms with Gasteiger partial charge >= 0.3 is 0 Å². The topological polar surface area (TPSA) is 53.1 Å². The van der Waals surface area contributed by atoms with Crippen LogP contribution in [-0.2, 0) is 0 Å². The molecule has 0 bridgehead atoms. The molecule has 3 aromatic rings. The third-order valence-electron chi connectivity index (χ3n) is 4.97. The van der Waals surface area contributed by atoms with E-state index < -0.39 is 0 Å². The van der Waals surface area contributed by atoms with E-state index in [9.17, 15) is 0 Å². The molecule has 1 aromatic carbocycles. The van der Waals surface area contributed by atoms with Gasteiger partial charge in [0.05, 0.1) is 9.35 Å². The van der Waals surface area contributed by atoms with Gasteiger partial charge in [0.2, 0.25) is 5.95 Å². The third kappa shape index (κ3) is 7.42. The molecule has 0 saturated carbocycles. The van der Waals surface area contributed by atoms with E-state index in [1.807, 2.05) is 6.20 Å². The van der Waals surface area contributed by atoms with Gasteiger partial charge in [-0.15, -0.1) is 48.6 Å². The number of nitrogens with one attached hydrogen (secondary N) is 2. The smallest absolute Gasteiger partial charge is 0.223 e. The number of piperazine rings is 1. The Morgan fingerprint density at radius 3 is 2.58 bits per heavy atom. The maximum Gasteiger partial charge on any atom is 0.223 e. The number of thiophene rings is 1. The molecule has 0 amide bonds. The molecule has 0 radical (unpaired) electrons. The average Bonchev–Trinajstić information content (AvgIpc) is 3.09. The van der Waals surface area contributed by atoms with Crippen LogP contribution >= 0.6 is 64.5 Å². The van der Waals surface area contributed by atoms with Gasteiger partial charge in [-0.25, -0.2) is 9.97 Å². The second kappa shape index (κ2) is 13.1. The highest BCUT2D eigenvalue weighted by atomic mass is 79.9. The van der Waals surface area contributed by atoms with Crippen LogP contribution in [-0.4, -0.2) is 53.1 Å². The van der Waals surface area contributed by atoms with Crippen molar-refractivity contribution in [3.05, 3.63) is 41.0 Å². The van der Waals surface area contributed by atoms with E-state index >= 15 is 0 Å². The average molecular weight is 570 g/mol. The van der Waals surface area contributed by atoms with Crippen LogP contribution in [0.4, 0.5) is 5.95 Å². The second-order valence-corrected chi connectivity index (χ2v) is 9.49. The minimum Gasteiger partial charge on any atom is -0.354 e. The monoisotopic (exact) mass is 567 g/mol. The lowest BCUT2D eigenvalue weighted by molar-refractivity contribution is 0.173. The van der Waals surface area contributed by atoms with E-state index in [0.29, 0.717) is 18.0 Å². The fourth-order valence-corrected chi connectivity index (χ4v) is 5.45. The predicted octanol–water partition coefficient (Wildman–Crippen LogP) is 5.87. The van der Waals surface area contributed by atoms with Crippen molar-refractivity contribution in [2.45, 2.75) is 32.4 Å². The molecule has 1 saturated heterocycles. The zero-order valence-corrected chi connectivity index (χ0v) is 22.4. The van der Waals surface area contributed by atoms with Crippen molar-refractivity contribution in [3.8, 4) is 10.6 Å². The van der Waals surface area contributed by atoms with Crippen LogP contribution in [0.5, 0.6) is 0 Å². The van der Waals surface area contributed by atoms with Crippen molar-refractivity contribution >= 4 is 80.5 Å². The van der Waals surface area contributed by atoms with Gasteiger partial charge in [0, 0.05) is 42.6 Å². The zero-order chi connectivity index (χ0) is 19.5. The highest BCUT2D eigenvalue weighted by Gasteiger charge is 2.20. The van der Waals surface area contributed by atoms with Gasteiger partial charge in [-0.2, -0.15) is 0 Å². The number of rotatable bonds is 6. The lowest BCUT2D eigenvalue weighted by Gasteiger charge is -2.36. The van der Waals surface area contributed by atoms with Crippen molar-refractivity contribution in [3.63, 3.8) is 0 Å². The molecule has 31 heavy (non-hydrogen) atoms. The Bertz CT molecular complexity index is 915. The van der Waals surface area contributed by atoms with Gasteiger partial charge in [-0.05, 0) is 60.3 Å². The molecular weight excluding hydrogens is 541 g/mol. The number of anilines is 1. The molecule has 0 aliphatic carbocycles. The maximum absolute atomic E-state index is 4.76. The largest absolute Gasteiger partial charge is 0.354 e. The molecule has 0 spiro atoms. The molecule has 2 N–H and O–H groups in total. The Balaban J connectivity index is 0.00000160. The Kier molecular flexibility index (Phi) is 12.0. The number of fused-ring (bicyclic) bond motifs is 1. The molecule has 2 atom stereocenters. The van der Waals surface area contributed by atoms with Crippen LogP contribution in [0.25, 0.3) is 20.7 Å². The molecule has 10 heteroatoms. The van der Waals surface area contributed by atoms with Crippen LogP contribution in [0.1, 0.15) is 20.3 Å². The summed E-state index contributed by atoms with van der Waals surface area (Å²) in [6.07, 6.45) is 2.92. The number of hydrogen-bond acceptors (Lipinski definition) is 6. The van der Waals surface area contributed by atoms with Crippen LogP contribution < -0.4 is 10.6 Å². The summed E-state index contributed by atoms with van der Waals surface area (Å²) in [5.41, 5.74) is 0.948. The highest BCUT2D eigenvalue weighted by Crippen LogP contribution is 2.36. The van der Waals surface area contributed by atoms with E-state index in [2.05, 4.69) is 80.6 Å². The second-order valence-electron chi connectivity index (χ2n) is 7.55.